The number of nitriles is 1. The molecule has 174 valence electrons. The van der Waals surface area contributed by atoms with Crippen molar-refractivity contribution in [1.82, 2.24) is 13.7 Å². The van der Waals surface area contributed by atoms with Crippen LogP contribution in [0, 0.1) is 18.3 Å². The van der Waals surface area contributed by atoms with Gasteiger partial charge in [0.15, 0.2) is 0 Å². The molecule has 35 heavy (non-hydrogen) atoms. The number of fused-ring (bicyclic) bond motifs is 2. The molecule has 0 bridgehead atoms. The Bertz CT molecular complexity index is 1680. The molecule has 0 spiro atoms. The molecule has 5 aromatic rings. The zero-order valence-corrected chi connectivity index (χ0v) is 19.5. The highest BCUT2D eigenvalue weighted by molar-refractivity contribution is 5.87. The highest BCUT2D eigenvalue weighted by Crippen LogP contribution is 2.29. The van der Waals surface area contributed by atoms with Crippen molar-refractivity contribution in [2.24, 2.45) is 7.05 Å². The predicted molar refractivity (Wildman–Crippen MR) is 135 cm³/mol. The molecule has 0 radical (unpaired) electrons. The average Bonchev–Trinajstić information content (AvgIpc) is 3.32. The van der Waals surface area contributed by atoms with Crippen molar-refractivity contribution in [1.29, 1.82) is 5.26 Å². The Hall–Kier alpha value is -4.57. The number of carboxylic acids is 1. The molecule has 3 aromatic carbocycles. The lowest BCUT2D eigenvalue weighted by molar-refractivity contribution is -0.137. The average molecular weight is 465 g/mol. The van der Waals surface area contributed by atoms with E-state index in [9.17, 15) is 20.0 Å². The van der Waals surface area contributed by atoms with Crippen LogP contribution in [-0.4, -0.2) is 24.8 Å². The third kappa shape index (κ3) is 3.79. The first-order chi connectivity index (χ1) is 16.9. The number of carboxylic acid groups (broad SMARTS) is 1. The quantitative estimate of drug-likeness (QED) is 0.398. The van der Waals surface area contributed by atoms with E-state index >= 15 is 0 Å². The molecule has 0 aliphatic carbocycles. The van der Waals surface area contributed by atoms with E-state index in [1.165, 1.54) is 0 Å². The summed E-state index contributed by atoms with van der Waals surface area (Å²) in [5.41, 5.74) is 5.23. The molecule has 2 heterocycles. The third-order valence-corrected chi connectivity index (χ3v) is 6.59. The van der Waals surface area contributed by atoms with Crippen molar-refractivity contribution in [3.63, 3.8) is 0 Å². The van der Waals surface area contributed by atoms with Crippen molar-refractivity contribution in [3.8, 4) is 6.07 Å². The van der Waals surface area contributed by atoms with Gasteiger partial charge in [-0.3, -0.25) is 13.9 Å². The van der Waals surface area contributed by atoms with Crippen LogP contribution in [0.15, 0.2) is 77.7 Å². The van der Waals surface area contributed by atoms with Gasteiger partial charge in [0.1, 0.15) is 0 Å². The Morgan fingerprint density at radius 2 is 1.80 bits per heavy atom. The Labute approximate surface area is 201 Å². The Balaban J connectivity index is 1.77. The van der Waals surface area contributed by atoms with Gasteiger partial charge in [-0.15, -0.1) is 0 Å². The van der Waals surface area contributed by atoms with Gasteiger partial charge in [0, 0.05) is 24.1 Å². The molecular weight excluding hydrogens is 440 g/mol. The molecule has 1 atom stereocenters. The van der Waals surface area contributed by atoms with Gasteiger partial charge >= 0.3 is 11.7 Å². The molecule has 0 aliphatic heterocycles. The van der Waals surface area contributed by atoms with E-state index in [-0.39, 0.29) is 12.1 Å². The van der Waals surface area contributed by atoms with Crippen molar-refractivity contribution in [3.05, 3.63) is 106 Å². The molecule has 5 rings (SSSR count). The summed E-state index contributed by atoms with van der Waals surface area (Å²) in [6.45, 7) is 2.35. The Morgan fingerprint density at radius 3 is 2.51 bits per heavy atom. The van der Waals surface area contributed by atoms with Gasteiger partial charge in [-0.2, -0.15) is 5.26 Å². The van der Waals surface area contributed by atoms with E-state index in [1.54, 1.807) is 27.3 Å². The van der Waals surface area contributed by atoms with Gasteiger partial charge in [0.2, 0.25) is 0 Å². The van der Waals surface area contributed by atoms with Gasteiger partial charge in [0.25, 0.3) is 0 Å². The number of hydrogen-bond donors (Lipinski definition) is 1. The first kappa shape index (κ1) is 22.2. The fourth-order valence-corrected chi connectivity index (χ4v) is 5.02. The molecule has 0 saturated heterocycles. The van der Waals surface area contributed by atoms with Crippen LogP contribution in [-0.2, 0) is 18.4 Å². The monoisotopic (exact) mass is 464 g/mol. The van der Waals surface area contributed by atoms with Crippen LogP contribution in [0.5, 0.6) is 0 Å². The second-order valence-electron chi connectivity index (χ2n) is 8.81. The summed E-state index contributed by atoms with van der Waals surface area (Å²) in [7, 11) is 1.98. The lowest BCUT2D eigenvalue weighted by Crippen LogP contribution is -2.29. The predicted octanol–water partition coefficient (Wildman–Crippen LogP) is 4.59. The van der Waals surface area contributed by atoms with E-state index < -0.39 is 12.0 Å². The maximum atomic E-state index is 14.0. The normalized spacial score (nSPS) is 12.1. The summed E-state index contributed by atoms with van der Waals surface area (Å²) in [4.78, 5) is 25.8. The van der Waals surface area contributed by atoms with Crippen molar-refractivity contribution >= 4 is 27.9 Å². The van der Waals surface area contributed by atoms with Crippen LogP contribution >= 0.6 is 0 Å². The topological polar surface area (TPSA) is 93.0 Å². The van der Waals surface area contributed by atoms with Crippen LogP contribution in [0.1, 0.15) is 34.7 Å². The Morgan fingerprint density at radius 1 is 1.03 bits per heavy atom. The third-order valence-electron chi connectivity index (χ3n) is 6.59. The maximum absolute atomic E-state index is 14.0. The van der Waals surface area contributed by atoms with Gasteiger partial charge in [-0.1, -0.05) is 42.5 Å². The maximum Gasteiger partial charge on any atom is 0.330 e. The van der Waals surface area contributed by atoms with Crippen LogP contribution in [0.3, 0.4) is 0 Å². The number of aromatic nitrogens is 3. The van der Waals surface area contributed by atoms with Crippen LogP contribution in [0.4, 0.5) is 0 Å². The fourth-order valence-electron chi connectivity index (χ4n) is 5.02. The summed E-state index contributed by atoms with van der Waals surface area (Å²) in [6, 6.07) is 21.9. The smallest absolute Gasteiger partial charge is 0.330 e. The van der Waals surface area contributed by atoms with E-state index in [0.29, 0.717) is 23.1 Å². The van der Waals surface area contributed by atoms with Crippen molar-refractivity contribution in [2.45, 2.75) is 25.9 Å². The number of hydrogen-bond acceptors (Lipinski definition) is 3. The minimum absolute atomic E-state index is 0.240. The van der Waals surface area contributed by atoms with Crippen molar-refractivity contribution in [2.75, 3.05) is 0 Å². The first-order valence-electron chi connectivity index (χ1n) is 11.3. The summed E-state index contributed by atoms with van der Waals surface area (Å²) in [5.74, 6) is -0.995. The van der Waals surface area contributed by atoms with E-state index in [2.05, 4.69) is 6.07 Å². The molecule has 0 fully saturated rings. The van der Waals surface area contributed by atoms with Crippen LogP contribution in [0.25, 0.3) is 21.9 Å². The lowest BCUT2D eigenvalue weighted by Gasteiger charge is -2.17. The molecule has 0 aliphatic rings. The number of benzene rings is 3. The van der Waals surface area contributed by atoms with Crippen LogP contribution < -0.4 is 5.69 Å². The fraction of sp³-hybridized carbons (Fsp3) is 0.179. The summed E-state index contributed by atoms with van der Waals surface area (Å²) in [5, 5.41) is 20.3. The van der Waals surface area contributed by atoms with Crippen LogP contribution in [0.2, 0.25) is 0 Å². The number of aryl methyl sites for hydroxylation is 2. The van der Waals surface area contributed by atoms with Crippen molar-refractivity contribution < 1.29 is 9.90 Å². The van der Waals surface area contributed by atoms with Gasteiger partial charge in [-0.25, -0.2) is 4.79 Å². The molecule has 0 unspecified atom stereocenters. The zero-order valence-electron chi connectivity index (χ0n) is 19.5. The van der Waals surface area contributed by atoms with E-state index in [0.717, 1.165) is 27.6 Å². The largest absolute Gasteiger partial charge is 0.481 e. The Kier molecular flexibility index (Phi) is 5.50. The highest BCUT2D eigenvalue weighted by atomic mass is 16.4. The molecule has 0 saturated carbocycles. The number of imidazole rings is 1. The van der Waals surface area contributed by atoms with Gasteiger partial charge < -0.3 is 9.67 Å². The minimum Gasteiger partial charge on any atom is -0.481 e. The van der Waals surface area contributed by atoms with Gasteiger partial charge in [-0.05, 0) is 47.9 Å². The summed E-state index contributed by atoms with van der Waals surface area (Å²) in [6.07, 6.45) is 1.78. The first-order valence-corrected chi connectivity index (χ1v) is 11.3. The molecule has 0 amide bonds. The minimum atomic E-state index is -0.995. The molecule has 7 heteroatoms. The zero-order chi connectivity index (χ0) is 24.7. The number of aliphatic carboxylic acids is 1. The number of nitrogens with zero attached hydrogens (tertiary/aromatic N) is 4. The SMILES string of the molecule is Cc1cccc2c1c(Cn1c(=O)n([C@H](CC(=O)O)c3ccccc3)c3ccc(C#N)cc31)cn2C. The van der Waals surface area contributed by atoms with E-state index in [1.807, 2.05) is 73.3 Å². The second-order valence-corrected chi connectivity index (χ2v) is 8.81. The lowest BCUT2D eigenvalue weighted by atomic mass is 10.0. The molecule has 7 nitrogen and oxygen atoms in total. The molecule has 2 aromatic heterocycles. The number of carbonyl (C=O) groups is 1. The van der Waals surface area contributed by atoms with Gasteiger partial charge in [0.05, 0.1) is 41.7 Å². The highest BCUT2D eigenvalue weighted by Gasteiger charge is 2.25. The molecule has 1 N–H and O–H groups in total. The number of rotatable bonds is 6. The molecular formula is C28H24N4O3. The summed E-state index contributed by atoms with van der Waals surface area (Å²) >= 11 is 0. The second kappa shape index (κ2) is 8.65. The van der Waals surface area contributed by atoms with E-state index in [4.69, 9.17) is 0 Å². The summed E-state index contributed by atoms with van der Waals surface area (Å²) < 4.78 is 5.24. The standard InChI is InChI=1S/C28H24N4O3/c1-18-7-6-10-23-27(18)21(16-30(23)2)17-31-25-13-19(15-29)11-12-22(25)32(28(31)35)24(14-26(33)34)20-8-4-3-5-9-20/h3-13,16,24H,14,17H2,1-2H3,(H,33,34)/t24-/m1/s1.